The van der Waals surface area contributed by atoms with E-state index in [0.717, 1.165) is 23.4 Å². The molecule has 0 aromatic heterocycles. The van der Waals surface area contributed by atoms with Crippen LogP contribution in [0.2, 0.25) is 0 Å². The summed E-state index contributed by atoms with van der Waals surface area (Å²) in [6.07, 6.45) is 1.03. The van der Waals surface area contributed by atoms with Gasteiger partial charge in [0.2, 0.25) is 0 Å². The maximum absolute atomic E-state index is 11.9. The van der Waals surface area contributed by atoms with E-state index in [0.29, 0.717) is 18.3 Å². The van der Waals surface area contributed by atoms with Gasteiger partial charge in [-0.3, -0.25) is 4.79 Å². The van der Waals surface area contributed by atoms with Crippen molar-refractivity contribution in [2.75, 3.05) is 18.5 Å². The van der Waals surface area contributed by atoms with Gasteiger partial charge in [0.1, 0.15) is 11.5 Å². The molecule has 128 valence electrons. The number of benzene rings is 2. The maximum Gasteiger partial charge on any atom is 0.262 e. The van der Waals surface area contributed by atoms with Crippen LogP contribution in [0.1, 0.15) is 25.8 Å². The number of carbonyl (C=O) groups excluding carboxylic acids is 1. The maximum atomic E-state index is 11.9. The van der Waals surface area contributed by atoms with Crippen molar-refractivity contribution in [3.63, 3.8) is 0 Å². The van der Waals surface area contributed by atoms with Crippen molar-refractivity contribution in [2.24, 2.45) is 5.92 Å². The fourth-order valence-corrected chi connectivity index (χ4v) is 2.11. The quantitative estimate of drug-likeness (QED) is 0.780. The van der Waals surface area contributed by atoms with E-state index in [-0.39, 0.29) is 12.5 Å². The summed E-state index contributed by atoms with van der Waals surface area (Å²) in [6, 6.07) is 15.0. The van der Waals surface area contributed by atoms with Crippen LogP contribution in [0.15, 0.2) is 48.5 Å². The predicted molar refractivity (Wildman–Crippen MR) is 96.7 cm³/mol. The monoisotopic (exact) mass is 327 g/mol. The summed E-state index contributed by atoms with van der Waals surface area (Å²) >= 11 is 0. The third kappa shape index (κ3) is 6.32. The van der Waals surface area contributed by atoms with Crippen LogP contribution in [0.3, 0.4) is 0 Å². The molecular formula is C20H25NO3. The van der Waals surface area contributed by atoms with Gasteiger partial charge >= 0.3 is 0 Å². The molecule has 0 unspecified atom stereocenters. The number of anilines is 1. The molecule has 0 fully saturated rings. The van der Waals surface area contributed by atoms with Crippen LogP contribution in [-0.4, -0.2) is 19.1 Å². The van der Waals surface area contributed by atoms with Crippen molar-refractivity contribution in [3.8, 4) is 11.5 Å². The first-order chi connectivity index (χ1) is 11.5. The second kappa shape index (κ2) is 8.96. The van der Waals surface area contributed by atoms with Gasteiger partial charge in [0.05, 0.1) is 6.61 Å². The lowest BCUT2D eigenvalue weighted by molar-refractivity contribution is -0.118. The van der Waals surface area contributed by atoms with Gasteiger partial charge in [0.15, 0.2) is 6.61 Å². The molecule has 0 atom stereocenters. The molecule has 0 saturated carbocycles. The van der Waals surface area contributed by atoms with Crippen LogP contribution in [0.4, 0.5) is 5.69 Å². The van der Waals surface area contributed by atoms with E-state index in [2.05, 4.69) is 19.2 Å². The molecule has 4 heteroatoms. The Hall–Kier alpha value is -2.49. The van der Waals surface area contributed by atoms with Crippen LogP contribution in [-0.2, 0) is 4.79 Å². The highest BCUT2D eigenvalue weighted by Crippen LogP contribution is 2.18. The Bertz CT molecular complexity index is 650. The SMILES string of the molecule is Cc1cccc(NC(=O)COc2ccc(OCCC(C)C)cc2)c1. The van der Waals surface area contributed by atoms with Crippen molar-refractivity contribution in [2.45, 2.75) is 27.2 Å². The highest BCUT2D eigenvalue weighted by molar-refractivity contribution is 5.91. The number of nitrogens with one attached hydrogen (secondary N) is 1. The first-order valence-electron chi connectivity index (χ1n) is 8.25. The Kier molecular flexibility index (Phi) is 6.67. The Morgan fingerprint density at radius 3 is 2.33 bits per heavy atom. The van der Waals surface area contributed by atoms with Gasteiger partial charge in [0, 0.05) is 5.69 Å². The van der Waals surface area contributed by atoms with Gasteiger partial charge in [-0.25, -0.2) is 0 Å². The molecule has 4 nitrogen and oxygen atoms in total. The molecule has 0 aliphatic carbocycles. The van der Waals surface area contributed by atoms with Crippen LogP contribution >= 0.6 is 0 Å². The van der Waals surface area contributed by atoms with Crippen molar-refractivity contribution < 1.29 is 14.3 Å². The van der Waals surface area contributed by atoms with E-state index in [1.54, 1.807) is 0 Å². The van der Waals surface area contributed by atoms with Gasteiger partial charge < -0.3 is 14.8 Å². The number of amides is 1. The van der Waals surface area contributed by atoms with Crippen LogP contribution in [0.25, 0.3) is 0 Å². The summed E-state index contributed by atoms with van der Waals surface area (Å²) in [5, 5.41) is 2.81. The lowest BCUT2D eigenvalue weighted by atomic mass is 10.1. The fraction of sp³-hybridized carbons (Fsp3) is 0.350. The molecular weight excluding hydrogens is 302 g/mol. The summed E-state index contributed by atoms with van der Waals surface area (Å²) in [5.41, 5.74) is 1.87. The average molecular weight is 327 g/mol. The number of hydrogen-bond donors (Lipinski definition) is 1. The average Bonchev–Trinajstić information content (AvgIpc) is 2.54. The first-order valence-corrected chi connectivity index (χ1v) is 8.25. The summed E-state index contributed by atoms with van der Waals surface area (Å²) < 4.78 is 11.2. The number of hydrogen-bond acceptors (Lipinski definition) is 3. The molecule has 2 rings (SSSR count). The zero-order valence-corrected chi connectivity index (χ0v) is 14.5. The van der Waals surface area contributed by atoms with E-state index in [1.807, 2.05) is 55.5 Å². The zero-order valence-electron chi connectivity index (χ0n) is 14.5. The largest absolute Gasteiger partial charge is 0.494 e. The smallest absolute Gasteiger partial charge is 0.262 e. The zero-order chi connectivity index (χ0) is 17.4. The molecule has 1 amide bonds. The highest BCUT2D eigenvalue weighted by atomic mass is 16.5. The Morgan fingerprint density at radius 2 is 1.71 bits per heavy atom. The Labute approximate surface area is 143 Å². The summed E-state index contributed by atoms with van der Waals surface area (Å²) in [7, 11) is 0. The van der Waals surface area contributed by atoms with E-state index in [4.69, 9.17) is 9.47 Å². The molecule has 0 heterocycles. The number of ether oxygens (including phenoxy) is 2. The lowest BCUT2D eigenvalue weighted by Crippen LogP contribution is -2.20. The number of aryl methyl sites for hydroxylation is 1. The Morgan fingerprint density at radius 1 is 1.04 bits per heavy atom. The molecule has 0 aliphatic heterocycles. The van der Waals surface area contributed by atoms with E-state index < -0.39 is 0 Å². The first kappa shape index (κ1) is 17.9. The van der Waals surface area contributed by atoms with Crippen molar-refractivity contribution >= 4 is 11.6 Å². The van der Waals surface area contributed by atoms with Gasteiger partial charge in [-0.05, 0) is 61.2 Å². The predicted octanol–water partition coefficient (Wildman–Crippen LogP) is 4.44. The summed E-state index contributed by atoms with van der Waals surface area (Å²) in [4.78, 5) is 11.9. The van der Waals surface area contributed by atoms with Crippen LogP contribution in [0, 0.1) is 12.8 Å². The Balaban J connectivity index is 1.76. The minimum atomic E-state index is -0.183. The molecule has 0 spiro atoms. The van der Waals surface area contributed by atoms with Gasteiger partial charge in [-0.1, -0.05) is 26.0 Å². The normalized spacial score (nSPS) is 10.5. The standard InChI is InChI=1S/C20H25NO3/c1-15(2)11-12-23-18-7-9-19(10-8-18)24-14-20(22)21-17-6-4-5-16(3)13-17/h4-10,13,15H,11-12,14H2,1-3H3,(H,21,22). The minimum Gasteiger partial charge on any atom is -0.494 e. The van der Waals surface area contributed by atoms with Gasteiger partial charge in [-0.15, -0.1) is 0 Å². The third-order valence-electron chi connectivity index (χ3n) is 3.46. The molecule has 2 aromatic rings. The van der Waals surface area contributed by atoms with E-state index in [1.165, 1.54) is 0 Å². The lowest BCUT2D eigenvalue weighted by Gasteiger charge is -2.10. The van der Waals surface area contributed by atoms with E-state index >= 15 is 0 Å². The summed E-state index contributed by atoms with van der Waals surface area (Å²) in [6.45, 7) is 7.00. The second-order valence-electron chi connectivity index (χ2n) is 6.21. The van der Waals surface area contributed by atoms with Gasteiger partial charge in [0.25, 0.3) is 5.91 Å². The molecule has 2 aromatic carbocycles. The van der Waals surface area contributed by atoms with Crippen molar-refractivity contribution in [1.82, 2.24) is 0 Å². The molecule has 0 aliphatic rings. The molecule has 0 bridgehead atoms. The van der Waals surface area contributed by atoms with Crippen molar-refractivity contribution in [3.05, 3.63) is 54.1 Å². The summed E-state index contributed by atoms with van der Waals surface area (Å²) in [5.74, 6) is 1.90. The number of carbonyl (C=O) groups is 1. The third-order valence-corrected chi connectivity index (χ3v) is 3.46. The molecule has 24 heavy (non-hydrogen) atoms. The molecule has 1 N–H and O–H groups in total. The van der Waals surface area contributed by atoms with Crippen LogP contribution < -0.4 is 14.8 Å². The van der Waals surface area contributed by atoms with Gasteiger partial charge in [-0.2, -0.15) is 0 Å². The number of rotatable bonds is 8. The molecule has 0 saturated heterocycles. The fourth-order valence-electron chi connectivity index (χ4n) is 2.11. The van der Waals surface area contributed by atoms with Crippen LogP contribution in [0.5, 0.6) is 11.5 Å². The van der Waals surface area contributed by atoms with E-state index in [9.17, 15) is 4.79 Å². The molecule has 0 radical (unpaired) electrons. The van der Waals surface area contributed by atoms with Crippen molar-refractivity contribution in [1.29, 1.82) is 0 Å². The second-order valence-corrected chi connectivity index (χ2v) is 6.21. The topological polar surface area (TPSA) is 47.6 Å². The highest BCUT2D eigenvalue weighted by Gasteiger charge is 2.04. The minimum absolute atomic E-state index is 0.0263.